The number of guanidine groups is 1. The summed E-state index contributed by atoms with van der Waals surface area (Å²) in [5, 5.41) is 3.20. The molecule has 1 aromatic rings. The van der Waals surface area contributed by atoms with Crippen molar-refractivity contribution in [3.05, 3.63) is 33.8 Å². The molecule has 1 aromatic carbocycles. The summed E-state index contributed by atoms with van der Waals surface area (Å²) in [5.41, 5.74) is 8.26. The summed E-state index contributed by atoms with van der Waals surface area (Å²) in [7, 11) is 0. The number of hydrogen-bond acceptors (Lipinski definition) is 1. The van der Waals surface area contributed by atoms with Crippen molar-refractivity contribution < 1.29 is 0 Å². The van der Waals surface area contributed by atoms with Gasteiger partial charge in [0, 0.05) is 11.0 Å². The predicted octanol–water partition coefficient (Wildman–Crippen LogP) is 2.96. The predicted molar refractivity (Wildman–Crippen MR) is 79.5 cm³/mol. The van der Waals surface area contributed by atoms with E-state index in [1.165, 1.54) is 30.4 Å². The van der Waals surface area contributed by atoms with E-state index in [2.05, 4.69) is 51.4 Å². The van der Waals surface area contributed by atoms with Crippen LogP contribution in [0.5, 0.6) is 0 Å². The summed E-state index contributed by atoms with van der Waals surface area (Å²) < 4.78 is 1.13. The molecule has 0 spiro atoms. The van der Waals surface area contributed by atoms with Gasteiger partial charge in [0.25, 0.3) is 0 Å². The molecule has 1 fully saturated rings. The summed E-state index contributed by atoms with van der Waals surface area (Å²) in [5.74, 6) is 1.36. The highest BCUT2D eigenvalue weighted by Gasteiger charge is 2.16. The molecule has 2 rings (SSSR count). The fourth-order valence-electron chi connectivity index (χ4n) is 1.98. The zero-order valence-electron chi connectivity index (χ0n) is 10.7. The van der Waals surface area contributed by atoms with Crippen LogP contribution in [-0.2, 0) is 6.54 Å². The molecule has 0 saturated heterocycles. The van der Waals surface area contributed by atoms with Crippen LogP contribution in [0.3, 0.4) is 0 Å². The lowest BCUT2D eigenvalue weighted by Crippen LogP contribution is -2.37. The second kappa shape index (κ2) is 6.23. The zero-order chi connectivity index (χ0) is 13.0. The average molecular weight is 310 g/mol. The van der Waals surface area contributed by atoms with Crippen LogP contribution in [0.15, 0.2) is 27.7 Å². The molecule has 4 heteroatoms. The van der Waals surface area contributed by atoms with E-state index in [0.29, 0.717) is 12.5 Å². The maximum Gasteiger partial charge on any atom is 0.188 e. The van der Waals surface area contributed by atoms with E-state index in [4.69, 9.17) is 5.73 Å². The van der Waals surface area contributed by atoms with Crippen molar-refractivity contribution in [3.8, 4) is 0 Å². The summed E-state index contributed by atoms with van der Waals surface area (Å²) in [6.07, 6.45) is 4.01. The molecule has 98 valence electrons. The molecular formula is C14H20BrN3. The van der Waals surface area contributed by atoms with Crippen LogP contribution in [0.2, 0.25) is 0 Å². The molecule has 1 saturated carbocycles. The van der Waals surface area contributed by atoms with Gasteiger partial charge < -0.3 is 11.1 Å². The van der Waals surface area contributed by atoms with Gasteiger partial charge in [-0.2, -0.15) is 0 Å². The van der Waals surface area contributed by atoms with Crippen molar-refractivity contribution >= 4 is 21.9 Å². The van der Waals surface area contributed by atoms with Crippen LogP contribution in [0.4, 0.5) is 0 Å². The first-order valence-electron chi connectivity index (χ1n) is 6.44. The van der Waals surface area contributed by atoms with Crippen LogP contribution < -0.4 is 11.1 Å². The van der Waals surface area contributed by atoms with Gasteiger partial charge in [0.2, 0.25) is 0 Å². The number of hydrogen-bond donors (Lipinski definition) is 2. The number of nitrogens with zero attached hydrogens (tertiary/aromatic N) is 1. The van der Waals surface area contributed by atoms with Gasteiger partial charge in [0.05, 0.1) is 6.54 Å². The summed E-state index contributed by atoms with van der Waals surface area (Å²) in [4.78, 5) is 4.36. The molecule has 1 aliphatic rings. The Balaban J connectivity index is 1.82. The van der Waals surface area contributed by atoms with Gasteiger partial charge in [0.1, 0.15) is 0 Å². The molecule has 1 aliphatic carbocycles. The Morgan fingerprint density at radius 1 is 1.50 bits per heavy atom. The Hall–Kier alpha value is -1.03. The molecule has 18 heavy (non-hydrogen) atoms. The van der Waals surface area contributed by atoms with Crippen molar-refractivity contribution in [2.24, 2.45) is 16.6 Å². The quantitative estimate of drug-likeness (QED) is 0.663. The molecule has 0 aromatic heterocycles. The number of benzene rings is 1. The van der Waals surface area contributed by atoms with Crippen LogP contribution in [0.25, 0.3) is 0 Å². The van der Waals surface area contributed by atoms with E-state index in [9.17, 15) is 0 Å². The molecule has 0 amide bonds. The standard InChI is InChI=1S/C14H20BrN3/c1-10-7-12(5-6-13(10)15)9-18-14(16)17-8-11-3-2-4-11/h5-7,11H,2-4,8-9H2,1H3,(H3,16,17,18). The van der Waals surface area contributed by atoms with Crippen molar-refractivity contribution in [1.29, 1.82) is 0 Å². The Morgan fingerprint density at radius 3 is 2.89 bits per heavy atom. The van der Waals surface area contributed by atoms with Crippen molar-refractivity contribution in [3.63, 3.8) is 0 Å². The highest BCUT2D eigenvalue weighted by atomic mass is 79.9. The molecule has 0 aliphatic heterocycles. The largest absolute Gasteiger partial charge is 0.370 e. The fraction of sp³-hybridized carbons (Fsp3) is 0.500. The minimum absolute atomic E-state index is 0.558. The van der Waals surface area contributed by atoms with Gasteiger partial charge in [-0.1, -0.05) is 34.5 Å². The summed E-state index contributed by atoms with van der Waals surface area (Å²) in [6, 6.07) is 6.25. The smallest absolute Gasteiger partial charge is 0.188 e. The Bertz CT molecular complexity index is 439. The van der Waals surface area contributed by atoms with Crippen LogP contribution in [-0.4, -0.2) is 12.5 Å². The van der Waals surface area contributed by atoms with Gasteiger partial charge >= 0.3 is 0 Å². The first kappa shape index (κ1) is 13.4. The first-order chi connectivity index (χ1) is 8.65. The minimum atomic E-state index is 0.558. The third-order valence-electron chi connectivity index (χ3n) is 3.45. The number of rotatable bonds is 4. The third kappa shape index (κ3) is 3.73. The number of aryl methyl sites for hydroxylation is 1. The van der Waals surface area contributed by atoms with Crippen LogP contribution in [0, 0.1) is 12.8 Å². The second-order valence-corrected chi connectivity index (χ2v) is 5.82. The summed E-state index contributed by atoms with van der Waals surface area (Å²) >= 11 is 3.49. The molecule has 3 N–H and O–H groups in total. The van der Waals surface area contributed by atoms with E-state index < -0.39 is 0 Å². The normalized spacial score (nSPS) is 16.4. The number of halogens is 1. The number of nitrogens with one attached hydrogen (secondary N) is 1. The van der Waals surface area contributed by atoms with E-state index in [0.717, 1.165) is 16.9 Å². The molecule has 0 unspecified atom stereocenters. The van der Waals surface area contributed by atoms with Gasteiger partial charge in [-0.25, -0.2) is 4.99 Å². The monoisotopic (exact) mass is 309 g/mol. The Kier molecular flexibility index (Phi) is 4.64. The van der Waals surface area contributed by atoms with E-state index in [1.54, 1.807) is 0 Å². The fourth-order valence-corrected chi connectivity index (χ4v) is 2.23. The SMILES string of the molecule is Cc1cc(CN=C(N)NCC2CCC2)ccc1Br. The van der Waals surface area contributed by atoms with Crippen LogP contribution in [0.1, 0.15) is 30.4 Å². The van der Waals surface area contributed by atoms with Gasteiger partial charge in [-0.05, 0) is 42.9 Å². The van der Waals surface area contributed by atoms with Crippen LogP contribution >= 0.6 is 15.9 Å². The lowest BCUT2D eigenvalue weighted by atomic mass is 9.85. The van der Waals surface area contributed by atoms with Crippen molar-refractivity contribution in [1.82, 2.24) is 5.32 Å². The van der Waals surface area contributed by atoms with E-state index in [-0.39, 0.29) is 0 Å². The lowest BCUT2D eigenvalue weighted by molar-refractivity contribution is 0.315. The average Bonchev–Trinajstić information content (AvgIpc) is 2.29. The maximum atomic E-state index is 5.85. The number of nitrogens with two attached hydrogens (primary N) is 1. The van der Waals surface area contributed by atoms with Gasteiger partial charge in [0.15, 0.2) is 5.96 Å². The number of aliphatic imine (C=N–C) groups is 1. The Labute approximate surface area is 117 Å². The lowest BCUT2D eigenvalue weighted by Gasteiger charge is -2.25. The zero-order valence-corrected chi connectivity index (χ0v) is 12.3. The van der Waals surface area contributed by atoms with Crippen molar-refractivity contribution in [2.45, 2.75) is 32.7 Å². The van der Waals surface area contributed by atoms with E-state index >= 15 is 0 Å². The second-order valence-electron chi connectivity index (χ2n) is 4.96. The molecular weight excluding hydrogens is 290 g/mol. The van der Waals surface area contributed by atoms with Gasteiger partial charge in [-0.3, -0.25) is 0 Å². The maximum absolute atomic E-state index is 5.85. The third-order valence-corrected chi connectivity index (χ3v) is 4.34. The Morgan fingerprint density at radius 2 is 2.28 bits per heavy atom. The van der Waals surface area contributed by atoms with Crippen molar-refractivity contribution in [2.75, 3.05) is 6.54 Å². The summed E-state index contributed by atoms with van der Waals surface area (Å²) in [6.45, 7) is 3.68. The molecule has 3 nitrogen and oxygen atoms in total. The highest BCUT2D eigenvalue weighted by molar-refractivity contribution is 9.10. The molecule has 0 radical (unpaired) electrons. The highest BCUT2D eigenvalue weighted by Crippen LogP contribution is 2.25. The molecule has 0 bridgehead atoms. The molecule has 0 heterocycles. The van der Waals surface area contributed by atoms with Gasteiger partial charge in [-0.15, -0.1) is 0 Å². The van der Waals surface area contributed by atoms with E-state index in [1.807, 2.05) is 0 Å². The first-order valence-corrected chi connectivity index (χ1v) is 7.23. The minimum Gasteiger partial charge on any atom is -0.370 e. The topological polar surface area (TPSA) is 50.4 Å². The molecule has 0 atom stereocenters.